The summed E-state index contributed by atoms with van der Waals surface area (Å²) >= 11 is 0. The molecule has 0 aliphatic carbocycles. The number of nitrogen functional groups attached to an aromatic ring is 1. The molecule has 1 saturated heterocycles. The van der Waals surface area contributed by atoms with Gasteiger partial charge in [0.15, 0.2) is 0 Å². The molecule has 0 aromatic carbocycles. The molecule has 1 aromatic rings. The molecule has 1 unspecified atom stereocenters. The van der Waals surface area contributed by atoms with E-state index < -0.39 is 0 Å². The normalized spacial score (nSPS) is 23.4. The molecule has 1 aliphatic heterocycles. The Morgan fingerprint density at radius 3 is 2.67 bits per heavy atom. The van der Waals surface area contributed by atoms with Crippen molar-refractivity contribution >= 4 is 11.5 Å². The molecule has 3 N–H and O–H groups in total. The molecule has 2 heterocycles. The van der Waals surface area contributed by atoms with Gasteiger partial charge >= 0.3 is 0 Å². The highest BCUT2D eigenvalue weighted by molar-refractivity contribution is 5.66. The molecule has 2 rings (SSSR count). The predicted octanol–water partition coefficient (Wildman–Crippen LogP) is 1.16. The van der Waals surface area contributed by atoms with E-state index in [9.17, 15) is 5.11 Å². The zero-order chi connectivity index (χ0) is 13.5. The number of hydrogen-bond acceptors (Lipinski definition) is 4. The highest BCUT2D eigenvalue weighted by atomic mass is 16.3. The van der Waals surface area contributed by atoms with Crippen LogP contribution < -0.4 is 10.6 Å². The monoisotopic (exact) mass is 252 g/mol. The van der Waals surface area contributed by atoms with Gasteiger partial charge in [-0.15, -0.1) is 0 Å². The largest absolute Gasteiger partial charge is 0.394 e. The predicted molar refractivity (Wildman–Crippen MR) is 73.6 cm³/mol. The summed E-state index contributed by atoms with van der Waals surface area (Å²) in [6.07, 6.45) is 1.38. The van der Waals surface area contributed by atoms with Crippen molar-refractivity contribution in [3.8, 4) is 0 Å². The third kappa shape index (κ3) is 2.07. The van der Waals surface area contributed by atoms with Crippen molar-refractivity contribution in [2.45, 2.75) is 39.7 Å². The maximum atomic E-state index is 10.0. The fourth-order valence-corrected chi connectivity index (χ4v) is 2.75. The van der Waals surface area contributed by atoms with Crippen LogP contribution in [0, 0.1) is 5.41 Å². The lowest BCUT2D eigenvalue weighted by Gasteiger charge is -2.42. The Kier molecular flexibility index (Phi) is 3.27. The second-order valence-corrected chi connectivity index (χ2v) is 5.88. The molecule has 0 amide bonds. The number of nitrogens with zero attached hydrogens (tertiary/aromatic N) is 3. The lowest BCUT2D eigenvalue weighted by Crippen LogP contribution is -2.49. The molecule has 0 saturated carbocycles. The van der Waals surface area contributed by atoms with Crippen molar-refractivity contribution in [2.24, 2.45) is 12.5 Å². The van der Waals surface area contributed by atoms with Crippen LogP contribution in [-0.2, 0) is 13.5 Å². The Hall–Kier alpha value is -1.23. The first-order valence-electron chi connectivity index (χ1n) is 6.61. The molecule has 0 spiro atoms. The third-order valence-electron chi connectivity index (χ3n) is 3.94. The van der Waals surface area contributed by atoms with Gasteiger partial charge in [-0.05, 0) is 12.8 Å². The summed E-state index contributed by atoms with van der Waals surface area (Å²) in [6.45, 7) is 7.89. The first-order chi connectivity index (χ1) is 8.36. The number of nitrogens with two attached hydrogens (primary N) is 1. The SMILES string of the molecule is CCc1nn(C)c(N2CCC(O)C(C)(C)C2)c1N. The van der Waals surface area contributed by atoms with Gasteiger partial charge in [-0.25, -0.2) is 0 Å². The van der Waals surface area contributed by atoms with Gasteiger partial charge in [0, 0.05) is 25.6 Å². The quantitative estimate of drug-likeness (QED) is 0.829. The number of anilines is 2. The average molecular weight is 252 g/mol. The van der Waals surface area contributed by atoms with Crippen molar-refractivity contribution in [3.05, 3.63) is 5.69 Å². The molecule has 1 aromatic heterocycles. The van der Waals surface area contributed by atoms with Gasteiger partial charge in [-0.3, -0.25) is 4.68 Å². The van der Waals surface area contributed by atoms with E-state index in [4.69, 9.17) is 5.73 Å². The molecule has 1 fully saturated rings. The van der Waals surface area contributed by atoms with E-state index >= 15 is 0 Å². The Balaban J connectivity index is 2.30. The first-order valence-corrected chi connectivity index (χ1v) is 6.61. The molecule has 1 atom stereocenters. The summed E-state index contributed by atoms with van der Waals surface area (Å²) in [5.41, 5.74) is 7.81. The van der Waals surface area contributed by atoms with Crippen LogP contribution in [0.1, 0.15) is 32.9 Å². The number of hydrogen-bond donors (Lipinski definition) is 2. The summed E-state index contributed by atoms with van der Waals surface area (Å²) < 4.78 is 1.86. The van der Waals surface area contributed by atoms with E-state index in [2.05, 4.69) is 30.8 Å². The van der Waals surface area contributed by atoms with Crippen LogP contribution in [0.4, 0.5) is 11.5 Å². The van der Waals surface area contributed by atoms with Crippen molar-refractivity contribution in [1.82, 2.24) is 9.78 Å². The summed E-state index contributed by atoms with van der Waals surface area (Å²) in [7, 11) is 1.93. The number of aliphatic hydroxyl groups is 1. The summed E-state index contributed by atoms with van der Waals surface area (Å²) in [5.74, 6) is 0.992. The van der Waals surface area contributed by atoms with Gasteiger partial charge < -0.3 is 15.7 Å². The van der Waals surface area contributed by atoms with Crippen molar-refractivity contribution in [1.29, 1.82) is 0 Å². The summed E-state index contributed by atoms with van der Waals surface area (Å²) in [5, 5.41) is 14.5. The van der Waals surface area contributed by atoms with E-state index in [-0.39, 0.29) is 11.5 Å². The van der Waals surface area contributed by atoms with E-state index in [0.717, 1.165) is 43.1 Å². The number of piperidine rings is 1. The van der Waals surface area contributed by atoms with Gasteiger partial charge in [-0.2, -0.15) is 5.10 Å². The molecule has 5 heteroatoms. The van der Waals surface area contributed by atoms with E-state index in [1.165, 1.54) is 0 Å². The minimum Gasteiger partial charge on any atom is -0.394 e. The fourth-order valence-electron chi connectivity index (χ4n) is 2.75. The van der Waals surface area contributed by atoms with Crippen LogP contribution in [0.3, 0.4) is 0 Å². The molecule has 18 heavy (non-hydrogen) atoms. The smallest absolute Gasteiger partial charge is 0.150 e. The Labute approximate surface area is 109 Å². The van der Waals surface area contributed by atoms with E-state index in [0.29, 0.717) is 0 Å². The first kappa shape index (κ1) is 13.2. The van der Waals surface area contributed by atoms with E-state index in [1.807, 2.05) is 11.7 Å². The van der Waals surface area contributed by atoms with Crippen molar-refractivity contribution in [3.63, 3.8) is 0 Å². The molecular formula is C13H24N4O. The van der Waals surface area contributed by atoms with E-state index in [1.54, 1.807) is 0 Å². The van der Waals surface area contributed by atoms with Crippen LogP contribution in [0.5, 0.6) is 0 Å². The van der Waals surface area contributed by atoms with Crippen LogP contribution in [0.2, 0.25) is 0 Å². The number of rotatable bonds is 2. The van der Waals surface area contributed by atoms with Gasteiger partial charge in [-0.1, -0.05) is 20.8 Å². The van der Waals surface area contributed by atoms with Gasteiger partial charge in [0.1, 0.15) is 5.82 Å². The van der Waals surface area contributed by atoms with Crippen LogP contribution in [0.15, 0.2) is 0 Å². The van der Waals surface area contributed by atoms with Crippen LogP contribution in [-0.4, -0.2) is 34.1 Å². The lowest BCUT2D eigenvalue weighted by atomic mass is 9.81. The number of aryl methyl sites for hydroxylation is 2. The second kappa shape index (κ2) is 4.46. The minimum atomic E-state index is -0.242. The zero-order valence-electron chi connectivity index (χ0n) is 11.8. The molecule has 5 nitrogen and oxygen atoms in total. The molecule has 102 valence electrons. The molecule has 0 radical (unpaired) electrons. The maximum absolute atomic E-state index is 10.0. The summed E-state index contributed by atoms with van der Waals surface area (Å²) in [4.78, 5) is 2.24. The minimum absolute atomic E-state index is 0.110. The van der Waals surface area contributed by atoms with Gasteiger partial charge in [0.05, 0.1) is 17.5 Å². The Bertz CT molecular complexity index is 438. The molecular weight excluding hydrogens is 228 g/mol. The third-order valence-corrected chi connectivity index (χ3v) is 3.94. The Morgan fingerprint density at radius 1 is 1.50 bits per heavy atom. The van der Waals surface area contributed by atoms with Crippen LogP contribution >= 0.6 is 0 Å². The topological polar surface area (TPSA) is 67.3 Å². The lowest BCUT2D eigenvalue weighted by molar-refractivity contribution is 0.0332. The molecule has 0 bridgehead atoms. The number of aliphatic hydroxyl groups excluding tert-OH is 1. The highest BCUT2D eigenvalue weighted by Gasteiger charge is 2.36. The number of aromatic nitrogens is 2. The van der Waals surface area contributed by atoms with Gasteiger partial charge in [0.2, 0.25) is 0 Å². The average Bonchev–Trinajstić information content (AvgIpc) is 2.58. The highest BCUT2D eigenvalue weighted by Crippen LogP contribution is 2.35. The van der Waals surface area contributed by atoms with Gasteiger partial charge in [0.25, 0.3) is 0 Å². The van der Waals surface area contributed by atoms with Crippen molar-refractivity contribution in [2.75, 3.05) is 23.7 Å². The summed E-state index contributed by atoms with van der Waals surface area (Å²) in [6, 6.07) is 0. The second-order valence-electron chi connectivity index (χ2n) is 5.88. The Morgan fingerprint density at radius 2 is 2.17 bits per heavy atom. The molecule has 1 aliphatic rings. The standard InChI is InChI=1S/C13H24N4O/c1-5-9-11(14)12(16(4)15-9)17-7-6-10(18)13(2,3)8-17/h10,18H,5-8,14H2,1-4H3. The van der Waals surface area contributed by atoms with Crippen molar-refractivity contribution < 1.29 is 5.11 Å². The zero-order valence-corrected chi connectivity index (χ0v) is 11.8. The van der Waals surface area contributed by atoms with Crippen LogP contribution in [0.25, 0.3) is 0 Å². The maximum Gasteiger partial charge on any atom is 0.150 e. The fraction of sp³-hybridized carbons (Fsp3) is 0.769.